The molecule has 0 aliphatic carbocycles. The average Bonchev–Trinajstić information content (AvgIpc) is 2.27. The molecule has 0 bridgehead atoms. The summed E-state index contributed by atoms with van der Waals surface area (Å²) in [5.74, 6) is 1.58. The maximum Gasteiger partial charge on any atom is 0.223 e. The average molecular weight is 227 g/mol. The summed E-state index contributed by atoms with van der Waals surface area (Å²) in [7, 11) is 0. The molecule has 0 radical (unpaired) electrons. The summed E-state index contributed by atoms with van der Waals surface area (Å²) in [6.45, 7) is 3.23. The lowest BCUT2D eigenvalue weighted by Crippen LogP contribution is -2.04. The van der Waals surface area contributed by atoms with E-state index in [1.807, 2.05) is 6.07 Å². The van der Waals surface area contributed by atoms with Crippen molar-refractivity contribution >= 4 is 17.7 Å². The fraction of sp³-hybridized carbons (Fsp3) is 0.600. The lowest BCUT2D eigenvalue weighted by molar-refractivity contribution is 0.296. The summed E-state index contributed by atoms with van der Waals surface area (Å²) < 4.78 is 0. The van der Waals surface area contributed by atoms with Crippen LogP contribution in [0.3, 0.4) is 0 Å². The molecule has 0 aromatic carbocycles. The van der Waals surface area contributed by atoms with Gasteiger partial charge in [0.25, 0.3) is 0 Å². The third-order valence-corrected chi connectivity index (χ3v) is 2.73. The molecule has 84 valence electrons. The van der Waals surface area contributed by atoms with Crippen molar-refractivity contribution < 1.29 is 5.11 Å². The van der Waals surface area contributed by atoms with Crippen molar-refractivity contribution in [2.45, 2.75) is 24.8 Å². The molecule has 1 aromatic heterocycles. The predicted octanol–water partition coefficient (Wildman–Crippen LogP) is 1.77. The minimum absolute atomic E-state index is 0.235. The lowest BCUT2D eigenvalue weighted by atomic mass is 10.5. The highest BCUT2D eigenvalue weighted by atomic mass is 32.2. The highest BCUT2D eigenvalue weighted by Crippen LogP contribution is 2.16. The largest absolute Gasteiger partial charge is 0.396 e. The first-order chi connectivity index (χ1) is 7.36. The van der Waals surface area contributed by atoms with Crippen LogP contribution in [0.4, 0.5) is 5.95 Å². The molecule has 0 aliphatic rings. The highest BCUT2D eigenvalue weighted by Gasteiger charge is 1.98. The predicted molar refractivity (Wildman–Crippen MR) is 63.2 cm³/mol. The second-order valence-electron chi connectivity index (χ2n) is 3.07. The standard InChI is InChI=1S/C10H17N3OS/c1-2-5-11-10-12-6-4-9(13-10)15-8-3-7-14/h4,6,14H,2-3,5,7-8H2,1H3,(H,11,12,13). The van der Waals surface area contributed by atoms with Crippen molar-refractivity contribution in [3.8, 4) is 0 Å². The van der Waals surface area contributed by atoms with Gasteiger partial charge >= 0.3 is 0 Å². The van der Waals surface area contributed by atoms with Gasteiger partial charge in [-0.25, -0.2) is 9.97 Å². The van der Waals surface area contributed by atoms with E-state index in [0.29, 0.717) is 5.95 Å². The molecule has 0 aliphatic heterocycles. The number of thioether (sulfide) groups is 1. The maximum absolute atomic E-state index is 8.66. The van der Waals surface area contributed by atoms with E-state index in [9.17, 15) is 0 Å². The van der Waals surface area contributed by atoms with Gasteiger partial charge in [-0.2, -0.15) is 0 Å². The number of hydrogen-bond donors (Lipinski definition) is 2. The molecule has 0 saturated carbocycles. The van der Waals surface area contributed by atoms with Crippen LogP contribution in [0.2, 0.25) is 0 Å². The molecule has 5 heteroatoms. The van der Waals surface area contributed by atoms with E-state index in [1.165, 1.54) is 0 Å². The molecule has 4 nitrogen and oxygen atoms in total. The Balaban J connectivity index is 2.42. The Hall–Kier alpha value is -0.810. The first-order valence-electron chi connectivity index (χ1n) is 5.17. The Kier molecular flexibility index (Phi) is 6.11. The Labute approximate surface area is 94.5 Å². The van der Waals surface area contributed by atoms with Crippen LogP contribution in [0.1, 0.15) is 19.8 Å². The third-order valence-electron chi connectivity index (χ3n) is 1.72. The van der Waals surface area contributed by atoms with E-state index in [1.54, 1.807) is 18.0 Å². The van der Waals surface area contributed by atoms with Crippen LogP contribution in [0.25, 0.3) is 0 Å². The zero-order chi connectivity index (χ0) is 10.9. The van der Waals surface area contributed by atoms with E-state index < -0.39 is 0 Å². The van der Waals surface area contributed by atoms with E-state index in [0.717, 1.165) is 30.2 Å². The lowest BCUT2D eigenvalue weighted by Gasteiger charge is -2.04. The summed E-state index contributed by atoms with van der Waals surface area (Å²) in [6.07, 6.45) is 3.61. The number of anilines is 1. The van der Waals surface area contributed by atoms with E-state index >= 15 is 0 Å². The molecule has 0 amide bonds. The normalized spacial score (nSPS) is 10.3. The Morgan fingerprint density at radius 3 is 3.13 bits per heavy atom. The molecule has 0 spiro atoms. The van der Waals surface area contributed by atoms with Gasteiger partial charge in [0.15, 0.2) is 0 Å². The van der Waals surface area contributed by atoms with E-state index in [2.05, 4.69) is 22.2 Å². The van der Waals surface area contributed by atoms with E-state index in [-0.39, 0.29) is 6.61 Å². The molecular weight excluding hydrogens is 210 g/mol. The van der Waals surface area contributed by atoms with Gasteiger partial charge in [-0.1, -0.05) is 6.92 Å². The fourth-order valence-corrected chi connectivity index (χ4v) is 1.78. The van der Waals surface area contributed by atoms with Crippen LogP contribution in [0.15, 0.2) is 17.3 Å². The Morgan fingerprint density at radius 1 is 1.53 bits per heavy atom. The van der Waals surface area contributed by atoms with Crippen LogP contribution in [0, 0.1) is 0 Å². The second-order valence-corrected chi connectivity index (χ2v) is 4.19. The van der Waals surface area contributed by atoms with Crippen LogP contribution in [0.5, 0.6) is 0 Å². The fourth-order valence-electron chi connectivity index (χ4n) is 0.986. The molecule has 1 heterocycles. The number of aliphatic hydroxyl groups is 1. The van der Waals surface area contributed by atoms with Crippen molar-refractivity contribution in [3.05, 3.63) is 12.3 Å². The van der Waals surface area contributed by atoms with Crippen molar-refractivity contribution in [3.63, 3.8) is 0 Å². The van der Waals surface area contributed by atoms with Gasteiger partial charge < -0.3 is 10.4 Å². The van der Waals surface area contributed by atoms with Gasteiger partial charge in [0.2, 0.25) is 5.95 Å². The Bertz CT molecular complexity index is 283. The quantitative estimate of drug-likeness (QED) is 0.422. The monoisotopic (exact) mass is 227 g/mol. The molecule has 2 N–H and O–H groups in total. The molecule has 0 atom stereocenters. The number of hydrogen-bond acceptors (Lipinski definition) is 5. The number of nitrogens with one attached hydrogen (secondary N) is 1. The minimum atomic E-state index is 0.235. The molecular formula is C10H17N3OS. The van der Waals surface area contributed by atoms with Crippen molar-refractivity contribution in [1.82, 2.24) is 9.97 Å². The number of nitrogens with zero attached hydrogens (tertiary/aromatic N) is 2. The summed E-state index contributed by atoms with van der Waals surface area (Å²) >= 11 is 1.64. The summed E-state index contributed by atoms with van der Waals surface area (Å²) in [6, 6.07) is 1.89. The van der Waals surface area contributed by atoms with Crippen LogP contribution in [-0.2, 0) is 0 Å². The van der Waals surface area contributed by atoms with E-state index in [4.69, 9.17) is 5.11 Å². The zero-order valence-corrected chi connectivity index (χ0v) is 9.76. The van der Waals surface area contributed by atoms with Gasteiger partial charge in [0.05, 0.1) is 0 Å². The van der Waals surface area contributed by atoms with Gasteiger partial charge in [-0.05, 0) is 18.9 Å². The first kappa shape index (κ1) is 12.3. The van der Waals surface area contributed by atoms with Crippen molar-refractivity contribution in [2.24, 2.45) is 0 Å². The highest BCUT2D eigenvalue weighted by molar-refractivity contribution is 7.99. The number of aliphatic hydroxyl groups excluding tert-OH is 1. The molecule has 0 saturated heterocycles. The summed E-state index contributed by atoms with van der Waals surface area (Å²) in [4.78, 5) is 8.46. The van der Waals surface area contributed by atoms with Gasteiger partial charge in [0.1, 0.15) is 5.03 Å². The van der Waals surface area contributed by atoms with Crippen molar-refractivity contribution in [2.75, 3.05) is 24.2 Å². The topological polar surface area (TPSA) is 58.0 Å². The first-order valence-corrected chi connectivity index (χ1v) is 6.16. The number of aromatic nitrogens is 2. The van der Waals surface area contributed by atoms with Crippen molar-refractivity contribution in [1.29, 1.82) is 0 Å². The smallest absolute Gasteiger partial charge is 0.223 e. The van der Waals surface area contributed by atoms with Gasteiger partial charge in [-0.15, -0.1) is 11.8 Å². The summed E-state index contributed by atoms with van der Waals surface area (Å²) in [5, 5.41) is 12.8. The van der Waals surface area contributed by atoms with Crippen LogP contribution >= 0.6 is 11.8 Å². The molecule has 15 heavy (non-hydrogen) atoms. The SMILES string of the molecule is CCCNc1nccc(SCCCO)n1. The number of rotatable bonds is 7. The minimum Gasteiger partial charge on any atom is -0.396 e. The van der Waals surface area contributed by atoms with Gasteiger partial charge in [0, 0.05) is 25.1 Å². The van der Waals surface area contributed by atoms with Gasteiger partial charge in [-0.3, -0.25) is 0 Å². The molecule has 1 aromatic rings. The van der Waals surface area contributed by atoms with Crippen LogP contribution in [-0.4, -0.2) is 34.0 Å². The Morgan fingerprint density at radius 2 is 2.40 bits per heavy atom. The van der Waals surface area contributed by atoms with Crippen LogP contribution < -0.4 is 5.32 Å². The third kappa shape index (κ3) is 4.99. The molecule has 0 fully saturated rings. The molecule has 0 unspecified atom stereocenters. The maximum atomic E-state index is 8.66. The summed E-state index contributed by atoms with van der Waals surface area (Å²) in [5.41, 5.74) is 0. The zero-order valence-electron chi connectivity index (χ0n) is 8.94. The molecule has 1 rings (SSSR count). The second kappa shape index (κ2) is 7.48.